The molecule has 0 saturated carbocycles. The van der Waals surface area contributed by atoms with Crippen molar-refractivity contribution in [2.75, 3.05) is 13.6 Å². The molecule has 20 heavy (non-hydrogen) atoms. The van der Waals surface area contributed by atoms with Crippen molar-refractivity contribution in [2.45, 2.75) is 32.2 Å². The highest BCUT2D eigenvalue weighted by Gasteiger charge is 2.14. The molecule has 108 valence electrons. The summed E-state index contributed by atoms with van der Waals surface area (Å²) in [6.07, 6.45) is 6.08. The van der Waals surface area contributed by atoms with E-state index in [2.05, 4.69) is 18.0 Å². The lowest BCUT2D eigenvalue weighted by Gasteiger charge is -2.14. The van der Waals surface area contributed by atoms with Gasteiger partial charge in [0, 0.05) is 16.8 Å². The second kappa shape index (κ2) is 6.70. The topological polar surface area (TPSA) is 49.4 Å². The fraction of sp³-hybridized carbons (Fsp3) is 0.467. The van der Waals surface area contributed by atoms with Gasteiger partial charge in [-0.2, -0.15) is 0 Å². The van der Waals surface area contributed by atoms with E-state index < -0.39 is 0 Å². The van der Waals surface area contributed by atoms with E-state index in [1.165, 1.54) is 45.6 Å². The molecule has 0 saturated heterocycles. The monoisotopic (exact) mass is 292 g/mol. The Morgan fingerprint density at radius 3 is 2.90 bits per heavy atom. The number of fused-ring (bicyclic) bond motifs is 1. The summed E-state index contributed by atoms with van der Waals surface area (Å²) in [7, 11) is 1.59. The van der Waals surface area contributed by atoms with Crippen LogP contribution in [0.5, 0.6) is 0 Å². The van der Waals surface area contributed by atoms with Crippen molar-refractivity contribution < 1.29 is 9.59 Å². The molecule has 0 spiro atoms. The maximum absolute atomic E-state index is 11.8. The first-order valence-corrected chi connectivity index (χ1v) is 7.66. The van der Waals surface area contributed by atoms with Crippen LogP contribution in [-0.2, 0) is 29.0 Å². The number of carbonyl (C=O) groups is 2. The summed E-state index contributed by atoms with van der Waals surface area (Å²) in [6, 6.07) is 2.21. The van der Waals surface area contributed by atoms with Crippen molar-refractivity contribution in [3.63, 3.8) is 0 Å². The molecule has 1 N–H and O–H groups in total. The Labute approximate surface area is 123 Å². The lowest BCUT2D eigenvalue weighted by molar-refractivity contribution is -0.131. The molecule has 0 unspecified atom stereocenters. The van der Waals surface area contributed by atoms with Gasteiger partial charge in [-0.15, -0.1) is 11.3 Å². The predicted octanol–water partition coefficient (Wildman–Crippen LogP) is 1.89. The van der Waals surface area contributed by atoms with E-state index in [9.17, 15) is 9.59 Å². The Kier molecular flexibility index (Phi) is 4.95. The SMILES string of the molecule is C=CC(=O)N(C)CC(=O)NCc1cc2c(s1)CCCC2. The molecule has 0 atom stereocenters. The number of hydrogen-bond acceptors (Lipinski definition) is 3. The molecule has 0 radical (unpaired) electrons. The maximum Gasteiger partial charge on any atom is 0.246 e. The van der Waals surface area contributed by atoms with Gasteiger partial charge in [0.15, 0.2) is 0 Å². The molecule has 0 bridgehead atoms. The van der Waals surface area contributed by atoms with Crippen LogP contribution < -0.4 is 5.32 Å². The molecular weight excluding hydrogens is 272 g/mol. The molecule has 1 aliphatic carbocycles. The third-order valence-electron chi connectivity index (χ3n) is 3.44. The Hall–Kier alpha value is -1.62. The molecule has 0 aliphatic heterocycles. The van der Waals surface area contributed by atoms with Gasteiger partial charge in [0.05, 0.1) is 13.1 Å². The molecule has 1 aliphatic rings. The minimum Gasteiger partial charge on any atom is -0.350 e. The van der Waals surface area contributed by atoms with Crippen LogP contribution in [0.2, 0.25) is 0 Å². The fourth-order valence-electron chi connectivity index (χ4n) is 2.33. The molecule has 1 aromatic heterocycles. The molecule has 2 rings (SSSR count). The number of likely N-dealkylation sites (N-methyl/N-ethyl adjacent to an activating group) is 1. The number of rotatable bonds is 5. The number of hydrogen-bond donors (Lipinski definition) is 1. The van der Waals surface area contributed by atoms with Gasteiger partial charge in [-0.05, 0) is 43.4 Å². The largest absolute Gasteiger partial charge is 0.350 e. The maximum atomic E-state index is 11.8. The quantitative estimate of drug-likeness (QED) is 0.843. The summed E-state index contributed by atoms with van der Waals surface area (Å²) in [5.41, 5.74) is 1.45. The number of aryl methyl sites for hydroxylation is 2. The average molecular weight is 292 g/mol. The van der Waals surface area contributed by atoms with E-state index in [-0.39, 0.29) is 18.4 Å². The van der Waals surface area contributed by atoms with E-state index >= 15 is 0 Å². The standard InChI is InChI=1S/C15H20N2O2S/c1-3-15(19)17(2)10-14(18)16-9-12-8-11-6-4-5-7-13(11)20-12/h3,8H,1,4-7,9-10H2,2H3,(H,16,18). The van der Waals surface area contributed by atoms with E-state index in [1.807, 2.05) is 0 Å². The molecule has 0 fully saturated rings. The number of thiophene rings is 1. The highest BCUT2D eigenvalue weighted by atomic mass is 32.1. The number of nitrogens with zero attached hydrogens (tertiary/aromatic N) is 1. The normalized spacial score (nSPS) is 13.4. The second-order valence-electron chi connectivity index (χ2n) is 5.04. The zero-order valence-electron chi connectivity index (χ0n) is 11.8. The fourth-order valence-corrected chi connectivity index (χ4v) is 3.53. The zero-order valence-corrected chi connectivity index (χ0v) is 12.6. The van der Waals surface area contributed by atoms with Gasteiger partial charge in [-0.3, -0.25) is 9.59 Å². The predicted molar refractivity (Wildman–Crippen MR) is 80.6 cm³/mol. The molecule has 0 aromatic carbocycles. The van der Waals surface area contributed by atoms with Crippen molar-refractivity contribution in [1.82, 2.24) is 10.2 Å². The van der Waals surface area contributed by atoms with Crippen molar-refractivity contribution in [3.8, 4) is 0 Å². The molecule has 5 heteroatoms. The smallest absolute Gasteiger partial charge is 0.246 e. The Bertz CT molecular complexity index is 498. The molecule has 1 heterocycles. The average Bonchev–Trinajstić information content (AvgIpc) is 2.87. The van der Waals surface area contributed by atoms with E-state index in [4.69, 9.17) is 0 Å². The van der Waals surface area contributed by atoms with Crippen LogP contribution in [-0.4, -0.2) is 30.3 Å². The van der Waals surface area contributed by atoms with Gasteiger partial charge >= 0.3 is 0 Å². The second-order valence-corrected chi connectivity index (χ2v) is 6.26. The van der Waals surface area contributed by atoms with E-state index in [0.717, 1.165) is 6.42 Å². The molecule has 4 nitrogen and oxygen atoms in total. The van der Waals surface area contributed by atoms with Crippen molar-refractivity contribution in [1.29, 1.82) is 0 Å². The lowest BCUT2D eigenvalue weighted by Crippen LogP contribution is -2.37. The highest BCUT2D eigenvalue weighted by Crippen LogP contribution is 2.29. The zero-order chi connectivity index (χ0) is 14.5. The van der Waals surface area contributed by atoms with Crippen LogP contribution in [0.3, 0.4) is 0 Å². The summed E-state index contributed by atoms with van der Waals surface area (Å²) >= 11 is 1.80. The molecule has 2 amide bonds. The van der Waals surface area contributed by atoms with Crippen molar-refractivity contribution >= 4 is 23.2 Å². The summed E-state index contributed by atoms with van der Waals surface area (Å²) in [5.74, 6) is -0.388. The minimum atomic E-state index is -0.244. The summed E-state index contributed by atoms with van der Waals surface area (Å²) in [5, 5.41) is 2.86. The van der Waals surface area contributed by atoms with Gasteiger partial charge < -0.3 is 10.2 Å². The van der Waals surface area contributed by atoms with Crippen LogP contribution in [0.1, 0.15) is 28.2 Å². The highest BCUT2D eigenvalue weighted by molar-refractivity contribution is 7.12. The Balaban J connectivity index is 1.82. The Morgan fingerprint density at radius 1 is 1.45 bits per heavy atom. The van der Waals surface area contributed by atoms with E-state index in [1.54, 1.807) is 18.4 Å². The first-order valence-electron chi connectivity index (χ1n) is 6.85. The van der Waals surface area contributed by atoms with Crippen LogP contribution in [0.15, 0.2) is 18.7 Å². The molecular formula is C15H20N2O2S. The number of amides is 2. The van der Waals surface area contributed by atoms with Gasteiger partial charge in [0.2, 0.25) is 11.8 Å². The third kappa shape index (κ3) is 3.70. The van der Waals surface area contributed by atoms with Gasteiger partial charge in [-0.25, -0.2) is 0 Å². The summed E-state index contributed by atoms with van der Waals surface area (Å²) in [4.78, 5) is 27.1. The van der Waals surface area contributed by atoms with Crippen LogP contribution in [0.25, 0.3) is 0 Å². The van der Waals surface area contributed by atoms with Crippen molar-refractivity contribution in [3.05, 3.63) is 34.0 Å². The van der Waals surface area contributed by atoms with Crippen molar-refractivity contribution in [2.24, 2.45) is 0 Å². The van der Waals surface area contributed by atoms with Gasteiger partial charge in [-0.1, -0.05) is 6.58 Å². The first kappa shape index (κ1) is 14.8. The van der Waals surface area contributed by atoms with E-state index in [0.29, 0.717) is 6.54 Å². The number of nitrogens with one attached hydrogen (secondary N) is 1. The van der Waals surface area contributed by atoms with Crippen LogP contribution in [0.4, 0.5) is 0 Å². The van der Waals surface area contributed by atoms with Crippen LogP contribution in [0, 0.1) is 0 Å². The van der Waals surface area contributed by atoms with Gasteiger partial charge in [0.1, 0.15) is 0 Å². The minimum absolute atomic E-state index is 0.0654. The third-order valence-corrected chi connectivity index (χ3v) is 4.68. The summed E-state index contributed by atoms with van der Waals surface area (Å²) < 4.78 is 0. The first-order chi connectivity index (χ1) is 9.60. The Morgan fingerprint density at radius 2 is 2.20 bits per heavy atom. The lowest BCUT2D eigenvalue weighted by atomic mass is 9.99. The molecule has 1 aromatic rings. The van der Waals surface area contributed by atoms with Gasteiger partial charge in [0.25, 0.3) is 0 Å². The number of carbonyl (C=O) groups excluding carboxylic acids is 2. The summed E-state index contributed by atoms with van der Waals surface area (Å²) in [6.45, 7) is 4.01. The van der Waals surface area contributed by atoms with Crippen LogP contribution >= 0.6 is 11.3 Å².